The van der Waals surface area contributed by atoms with E-state index in [1.165, 1.54) is 18.4 Å². The number of likely N-dealkylation sites (tertiary alicyclic amines) is 1. The molecule has 0 atom stereocenters. The van der Waals surface area contributed by atoms with E-state index in [0.717, 1.165) is 57.5 Å². The second kappa shape index (κ2) is 11.8. The summed E-state index contributed by atoms with van der Waals surface area (Å²) in [6.07, 6.45) is 3.37. The van der Waals surface area contributed by atoms with Gasteiger partial charge in [-0.1, -0.05) is 18.2 Å². The van der Waals surface area contributed by atoms with E-state index in [0.29, 0.717) is 5.92 Å². The summed E-state index contributed by atoms with van der Waals surface area (Å²) >= 11 is 0. The Balaban J connectivity index is 1.65. The monoisotopic (exact) mass is 362 g/mol. The summed E-state index contributed by atoms with van der Waals surface area (Å²) in [6, 6.07) is 8.15. The molecule has 0 spiro atoms. The first kappa shape index (κ1) is 20.5. The molecule has 0 aliphatic carbocycles. The number of guanidine groups is 1. The molecule has 6 heteroatoms. The molecule has 1 heterocycles. The molecule has 1 fully saturated rings. The molecule has 1 aromatic rings. The van der Waals surface area contributed by atoms with Crippen LogP contribution >= 0.6 is 0 Å². The van der Waals surface area contributed by atoms with Crippen molar-refractivity contribution in [2.45, 2.75) is 19.3 Å². The topological polar surface area (TPSA) is 58.1 Å². The van der Waals surface area contributed by atoms with Gasteiger partial charge in [0.25, 0.3) is 0 Å². The molecule has 0 amide bonds. The van der Waals surface area contributed by atoms with Crippen LogP contribution in [0.3, 0.4) is 0 Å². The zero-order valence-corrected chi connectivity index (χ0v) is 16.5. The fourth-order valence-electron chi connectivity index (χ4n) is 3.32. The van der Waals surface area contributed by atoms with E-state index in [1.807, 2.05) is 25.2 Å². The van der Waals surface area contributed by atoms with Crippen molar-refractivity contribution in [1.29, 1.82) is 0 Å². The fourth-order valence-corrected chi connectivity index (χ4v) is 3.32. The molecule has 0 unspecified atom stereocenters. The molecule has 26 heavy (non-hydrogen) atoms. The Labute approximate surface area is 158 Å². The van der Waals surface area contributed by atoms with Gasteiger partial charge in [-0.2, -0.15) is 0 Å². The predicted octanol–water partition coefficient (Wildman–Crippen LogP) is 1.76. The van der Waals surface area contributed by atoms with Crippen LogP contribution in [-0.4, -0.2) is 71.5 Å². The summed E-state index contributed by atoms with van der Waals surface area (Å²) in [5, 5.41) is 6.88. The second-order valence-electron chi connectivity index (χ2n) is 6.72. The number of hydrogen-bond acceptors (Lipinski definition) is 4. The maximum Gasteiger partial charge on any atom is 0.190 e. The lowest BCUT2D eigenvalue weighted by Crippen LogP contribution is -2.43. The van der Waals surface area contributed by atoms with Gasteiger partial charge in [0.15, 0.2) is 5.96 Å². The molecule has 0 bridgehead atoms. The number of nitrogens with zero attached hydrogens (tertiary/aromatic N) is 2. The molecule has 1 aliphatic rings. The summed E-state index contributed by atoms with van der Waals surface area (Å²) in [5.41, 5.74) is 1.21. The van der Waals surface area contributed by atoms with Crippen molar-refractivity contribution in [3.05, 3.63) is 29.8 Å². The first-order valence-electron chi connectivity index (χ1n) is 9.54. The summed E-state index contributed by atoms with van der Waals surface area (Å²) in [5.74, 6) is 2.53. The molecule has 2 rings (SSSR count). The summed E-state index contributed by atoms with van der Waals surface area (Å²) in [4.78, 5) is 6.82. The van der Waals surface area contributed by atoms with Gasteiger partial charge in [0.1, 0.15) is 5.75 Å². The Kier molecular flexibility index (Phi) is 9.28. The summed E-state index contributed by atoms with van der Waals surface area (Å²) in [7, 11) is 5.31. The zero-order chi connectivity index (χ0) is 18.6. The molecule has 146 valence electrons. The quantitative estimate of drug-likeness (QED) is 0.518. The highest BCUT2D eigenvalue weighted by atomic mass is 16.5. The highest BCUT2D eigenvalue weighted by molar-refractivity contribution is 5.79. The number of methoxy groups -OCH3 is 2. The average Bonchev–Trinajstić information content (AvgIpc) is 2.70. The van der Waals surface area contributed by atoms with Gasteiger partial charge in [-0.05, 0) is 49.9 Å². The number of nitrogens with one attached hydrogen (secondary N) is 2. The number of ether oxygens (including phenoxy) is 2. The van der Waals surface area contributed by atoms with Crippen molar-refractivity contribution < 1.29 is 9.47 Å². The lowest BCUT2D eigenvalue weighted by molar-refractivity contribution is 0.121. The van der Waals surface area contributed by atoms with Crippen molar-refractivity contribution >= 4 is 5.96 Å². The van der Waals surface area contributed by atoms with Gasteiger partial charge in [-0.3, -0.25) is 4.99 Å². The third-order valence-electron chi connectivity index (χ3n) is 4.98. The Morgan fingerprint density at radius 3 is 2.65 bits per heavy atom. The van der Waals surface area contributed by atoms with E-state index >= 15 is 0 Å². The molecule has 6 nitrogen and oxygen atoms in total. The highest BCUT2D eigenvalue weighted by Gasteiger charge is 2.18. The molecular weight excluding hydrogens is 328 g/mol. The molecular formula is C20H34N4O2. The first-order valence-corrected chi connectivity index (χ1v) is 9.54. The molecule has 1 saturated heterocycles. The number of rotatable bonds is 9. The van der Waals surface area contributed by atoms with E-state index in [4.69, 9.17) is 9.47 Å². The smallest absolute Gasteiger partial charge is 0.190 e. The largest absolute Gasteiger partial charge is 0.496 e. The van der Waals surface area contributed by atoms with Gasteiger partial charge < -0.3 is 25.0 Å². The van der Waals surface area contributed by atoms with Crippen molar-refractivity contribution in [2.24, 2.45) is 10.9 Å². The molecule has 0 saturated carbocycles. The standard InChI is InChI=1S/C20H34N4O2/c1-21-20(22-11-8-18-6-4-5-7-19(18)26-3)23-16-17-9-12-24(13-10-17)14-15-25-2/h4-7,17H,8-16H2,1-3H3,(H2,21,22,23). The highest BCUT2D eigenvalue weighted by Crippen LogP contribution is 2.17. The fraction of sp³-hybridized carbons (Fsp3) is 0.650. The van der Waals surface area contributed by atoms with Crippen molar-refractivity contribution in [3.63, 3.8) is 0 Å². The number of para-hydroxylation sites is 1. The van der Waals surface area contributed by atoms with E-state index in [-0.39, 0.29) is 0 Å². The Morgan fingerprint density at radius 2 is 1.96 bits per heavy atom. The Morgan fingerprint density at radius 1 is 1.19 bits per heavy atom. The van der Waals surface area contributed by atoms with Crippen LogP contribution < -0.4 is 15.4 Å². The normalized spacial score (nSPS) is 16.5. The minimum absolute atomic E-state index is 0.710. The lowest BCUT2D eigenvalue weighted by atomic mass is 9.97. The van der Waals surface area contributed by atoms with E-state index in [1.54, 1.807) is 14.2 Å². The molecule has 1 aromatic carbocycles. The number of piperidine rings is 1. The van der Waals surface area contributed by atoms with Crippen LogP contribution in [0, 0.1) is 5.92 Å². The summed E-state index contributed by atoms with van der Waals surface area (Å²) < 4.78 is 10.6. The third-order valence-corrected chi connectivity index (χ3v) is 4.98. The van der Waals surface area contributed by atoms with Crippen LogP contribution in [0.5, 0.6) is 5.75 Å². The van der Waals surface area contributed by atoms with Crippen molar-refractivity contribution in [3.8, 4) is 5.75 Å². The minimum atomic E-state index is 0.710. The average molecular weight is 363 g/mol. The maximum atomic E-state index is 5.40. The first-order chi connectivity index (χ1) is 12.8. The van der Waals surface area contributed by atoms with Crippen molar-refractivity contribution in [1.82, 2.24) is 15.5 Å². The van der Waals surface area contributed by atoms with Gasteiger partial charge in [0.05, 0.1) is 13.7 Å². The lowest BCUT2D eigenvalue weighted by Gasteiger charge is -2.32. The van der Waals surface area contributed by atoms with Gasteiger partial charge in [0, 0.05) is 33.8 Å². The van der Waals surface area contributed by atoms with Gasteiger partial charge in [-0.15, -0.1) is 0 Å². The predicted molar refractivity (Wildman–Crippen MR) is 107 cm³/mol. The Hall–Kier alpha value is -1.79. The molecule has 1 aliphatic heterocycles. The van der Waals surface area contributed by atoms with Crippen LogP contribution in [0.25, 0.3) is 0 Å². The molecule has 2 N–H and O–H groups in total. The van der Waals surface area contributed by atoms with E-state index in [9.17, 15) is 0 Å². The van der Waals surface area contributed by atoms with Crippen LogP contribution in [0.2, 0.25) is 0 Å². The van der Waals surface area contributed by atoms with E-state index in [2.05, 4.69) is 26.6 Å². The van der Waals surface area contributed by atoms with Crippen LogP contribution in [0.1, 0.15) is 18.4 Å². The van der Waals surface area contributed by atoms with Crippen LogP contribution in [-0.2, 0) is 11.2 Å². The SMILES string of the molecule is CN=C(NCCc1ccccc1OC)NCC1CCN(CCOC)CC1. The maximum absolute atomic E-state index is 5.40. The van der Waals surface area contributed by atoms with Gasteiger partial charge in [0.2, 0.25) is 0 Å². The van der Waals surface area contributed by atoms with Gasteiger partial charge >= 0.3 is 0 Å². The molecule has 0 radical (unpaired) electrons. The van der Waals surface area contributed by atoms with E-state index < -0.39 is 0 Å². The third kappa shape index (κ3) is 6.84. The summed E-state index contributed by atoms with van der Waals surface area (Å²) in [6.45, 7) is 6.00. The minimum Gasteiger partial charge on any atom is -0.496 e. The number of aliphatic imine (C=N–C) groups is 1. The number of benzene rings is 1. The van der Waals surface area contributed by atoms with Crippen LogP contribution in [0.4, 0.5) is 0 Å². The molecule has 0 aromatic heterocycles. The Bertz CT molecular complexity index is 542. The zero-order valence-electron chi connectivity index (χ0n) is 16.5. The van der Waals surface area contributed by atoms with Gasteiger partial charge in [-0.25, -0.2) is 0 Å². The van der Waals surface area contributed by atoms with Crippen molar-refractivity contribution in [2.75, 3.05) is 60.6 Å². The number of hydrogen-bond donors (Lipinski definition) is 2. The second-order valence-corrected chi connectivity index (χ2v) is 6.72. The van der Waals surface area contributed by atoms with Crippen LogP contribution in [0.15, 0.2) is 29.3 Å².